The van der Waals surface area contributed by atoms with Gasteiger partial charge in [0.2, 0.25) is 0 Å². The summed E-state index contributed by atoms with van der Waals surface area (Å²) in [6.45, 7) is 2.96. The molecule has 2 rings (SSSR count). The second-order valence-electron chi connectivity index (χ2n) is 4.92. The van der Waals surface area contributed by atoms with E-state index in [0.717, 1.165) is 42.0 Å². The third-order valence-corrected chi connectivity index (χ3v) is 3.56. The van der Waals surface area contributed by atoms with Gasteiger partial charge in [-0.1, -0.05) is 17.7 Å². The maximum absolute atomic E-state index is 6.22. The Balaban J connectivity index is 1.79. The number of nitrogens with one attached hydrogen (secondary N) is 1. The molecule has 0 aliphatic heterocycles. The molecule has 0 heterocycles. The molecule has 18 heavy (non-hydrogen) atoms. The number of likely N-dealkylation sites (N-methyl/N-ethyl adjacent to an activating group) is 1. The molecule has 0 bridgehead atoms. The highest BCUT2D eigenvalue weighted by atomic mass is 35.5. The molecule has 1 aliphatic rings. The summed E-state index contributed by atoms with van der Waals surface area (Å²) in [5, 5.41) is 4.29. The van der Waals surface area contributed by atoms with E-state index >= 15 is 0 Å². The number of nitrogens with zero attached hydrogens (tertiary/aromatic N) is 1. The number of rotatable bonds is 7. The summed E-state index contributed by atoms with van der Waals surface area (Å²) in [5.41, 5.74) is 1.14. The zero-order chi connectivity index (χ0) is 13.0. The monoisotopic (exact) mass is 268 g/mol. The van der Waals surface area contributed by atoms with Crippen LogP contribution in [0, 0.1) is 0 Å². The fourth-order valence-corrected chi connectivity index (χ4v) is 2.13. The van der Waals surface area contributed by atoms with E-state index in [4.69, 9.17) is 16.3 Å². The molecule has 1 aromatic carbocycles. The standard InChI is InChI=1S/C14H21ClN2O/c1-17(8-7-16-12-4-5-12)10-11-3-6-13(18-2)9-14(11)15/h3,6,9,12,16H,4-5,7-8,10H2,1-2H3. The first-order valence-electron chi connectivity index (χ1n) is 6.43. The summed E-state index contributed by atoms with van der Waals surface area (Å²) in [6.07, 6.45) is 2.68. The van der Waals surface area contributed by atoms with Crippen LogP contribution >= 0.6 is 11.6 Å². The SMILES string of the molecule is COc1ccc(CN(C)CCNC2CC2)c(Cl)c1. The van der Waals surface area contributed by atoms with E-state index in [0.29, 0.717) is 0 Å². The molecule has 1 saturated carbocycles. The lowest BCUT2D eigenvalue weighted by Gasteiger charge is -2.18. The first-order chi connectivity index (χ1) is 8.69. The molecule has 0 spiro atoms. The molecule has 0 atom stereocenters. The Morgan fingerprint density at radius 2 is 2.22 bits per heavy atom. The van der Waals surface area contributed by atoms with Gasteiger partial charge in [-0.2, -0.15) is 0 Å². The van der Waals surface area contributed by atoms with E-state index in [1.807, 2.05) is 18.2 Å². The number of methoxy groups -OCH3 is 1. The molecule has 0 aromatic heterocycles. The summed E-state index contributed by atoms with van der Waals surface area (Å²) in [6, 6.07) is 6.64. The molecule has 100 valence electrons. The highest BCUT2D eigenvalue weighted by Gasteiger charge is 2.19. The molecule has 1 aromatic rings. The molecule has 1 N–H and O–H groups in total. The zero-order valence-electron chi connectivity index (χ0n) is 11.1. The molecule has 0 saturated heterocycles. The molecule has 1 fully saturated rings. The first-order valence-corrected chi connectivity index (χ1v) is 6.81. The van der Waals surface area contributed by atoms with Gasteiger partial charge in [-0.25, -0.2) is 0 Å². The minimum absolute atomic E-state index is 0.774. The molecular formula is C14H21ClN2O. The lowest BCUT2D eigenvalue weighted by atomic mass is 10.2. The third-order valence-electron chi connectivity index (χ3n) is 3.20. The highest BCUT2D eigenvalue weighted by molar-refractivity contribution is 6.31. The zero-order valence-corrected chi connectivity index (χ0v) is 11.8. The van der Waals surface area contributed by atoms with Crippen LogP contribution in [0.5, 0.6) is 5.75 Å². The Bertz CT molecular complexity index is 393. The van der Waals surface area contributed by atoms with Crippen LogP contribution in [0.25, 0.3) is 0 Å². The molecular weight excluding hydrogens is 248 g/mol. The summed E-state index contributed by atoms with van der Waals surface area (Å²) in [4.78, 5) is 2.28. The Labute approximate surface area is 114 Å². The third kappa shape index (κ3) is 4.16. The normalized spacial score (nSPS) is 15.1. The van der Waals surface area contributed by atoms with Crippen molar-refractivity contribution in [3.63, 3.8) is 0 Å². The largest absolute Gasteiger partial charge is 0.497 e. The summed E-state index contributed by atoms with van der Waals surface area (Å²) >= 11 is 6.22. The average molecular weight is 269 g/mol. The Kier molecular flexibility index (Phi) is 4.87. The number of hydrogen-bond donors (Lipinski definition) is 1. The average Bonchev–Trinajstić information content (AvgIpc) is 3.16. The van der Waals surface area contributed by atoms with E-state index in [1.165, 1.54) is 12.8 Å². The smallest absolute Gasteiger partial charge is 0.120 e. The van der Waals surface area contributed by atoms with Crippen molar-refractivity contribution < 1.29 is 4.74 Å². The topological polar surface area (TPSA) is 24.5 Å². The van der Waals surface area contributed by atoms with Crippen LogP contribution < -0.4 is 10.1 Å². The van der Waals surface area contributed by atoms with Gasteiger partial charge in [-0.05, 0) is 37.6 Å². The van der Waals surface area contributed by atoms with Crippen LogP contribution in [0.1, 0.15) is 18.4 Å². The van der Waals surface area contributed by atoms with Crippen molar-refractivity contribution in [3.8, 4) is 5.75 Å². The molecule has 1 aliphatic carbocycles. The Morgan fingerprint density at radius 1 is 1.44 bits per heavy atom. The van der Waals surface area contributed by atoms with Crippen molar-refractivity contribution in [2.24, 2.45) is 0 Å². The van der Waals surface area contributed by atoms with Gasteiger partial charge in [0.05, 0.1) is 7.11 Å². The highest BCUT2D eigenvalue weighted by Crippen LogP contribution is 2.23. The van der Waals surface area contributed by atoms with Crippen LogP contribution in [0.3, 0.4) is 0 Å². The fourth-order valence-electron chi connectivity index (χ4n) is 1.90. The van der Waals surface area contributed by atoms with Gasteiger partial charge in [0.15, 0.2) is 0 Å². The van der Waals surface area contributed by atoms with Gasteiger partial charge in [-0.3, -0.25) is 0 Å². The van der Waals surface area contributed by atoms with E-state index in [9.17, 15) is 0 Å². The van der Waals surface area contributed by atoms with Crippen molar-refractivity contribution in [2.45, 2.75) is 25.4 Å². The maximum atomic E-state index is 6.22. The molecule has 4 heteroatoms. The predicted molar refractivity (Wildman–Crippen MR) is 75.4 cm³/mol. The molecule has 0 amide bonds. The van der Waals surface area contributed by atoms with Crippen molar-refractivity contribution >= 4 is 11.6 Å². The summed E-state index contributed by atoms with van der Waals surface area (Å²) in [5.74, 6) is 0.807. The lowest BCUT2D eigenvalue weighted by Crippen LogP contribution is -2.30. The fraction of sp³-hybridized carbons (Fsp3) is 0.571. The maximum Gasteiger partial charge on any atom is 0.120 e. The Morgan fingerprint density at radius 3 is 2.83 bits per heavy atom. The summed E-state index contributed by atoms with van der Waals surface area (Å²) in [7, 11) is 3.77. The second kappa shape index (κ2) is 6.41. The van der Waals surface area contributed by atoms with Crippen molar-refractivity contribution in [3.05, 3.63) is 28.8 Å². The molecule has 0 unspecified atom stereocenters. The van der Waals surface area contributed by atoms with Crippen LogP contribution in [-0.4, -0.2) is 38.2 Å². The van der Waals surface area contributed by atoms with Crippen LogP contribution in [0.15, 0.2) is 18.2 Å². The number of halogens is 1. The number of benzene rings is 1. The number of hydrogen-bond acceptors (Lipinski definition) is 3. The molecule has 0 radical (unpaired) electrons. The Hall–Kier alpha value is -0.770. The van der Waals surface area contributed by atoms with Gasteiger partial charge in [0, 0.05) is 30.7 Å². The van der Waals surface area contributed by atoms with Gasteiger partial charge in [0.1, 0.15) is 5.75 Å². The molecule has 3 nitrogen and oxygen atoms in total. The van der Waals surface area contributed by atoms with Crippen LogP contribution in [0.2, 0.25) is 5.02 Å². The van der Waals surface area contributed by atoms with E-state index in [-0.39, 0.29) is 0 Å². The van der Waals surface area contributed by atoms with Gasteiger partial charge >= 0.3 is 0 Å². The van der Waals surface area contributed by atoms with Crippen molar-refractivity contribution in [1.82, 2.24) is 10.2 Å². The number of ether oxygens (including phenoxy) is 1. The van der Waals surface area contributed by atoms with E-state index in [2.05, 4.69) is 17.3 Å². The van der Waals surface area contributed by atoms with E-state index < -0.39 is 0 Å². The quantitative estimate of drug-likeness (QED) is 0.823. The van der Waals surface area contributed by atoms with Crippen LogP contribution in [-0.2, 0) is 6.54 Å². The minimum Gasteiger partial charge on any atom is -0.497 e. The van der Waals surface area contributed by atoms with Gasteiger partial charge < -0.3 is 15.0 Å². The van der Waals surface area contributed by atoms with Crippen molar-refractivity contribution in [2.75, 3.05) is 27.2 Å². The van der Waals surface area contributed by atoms with E-state index in [1.54, 1.807) is 7.11 Å². The first kappa shape index (κ1) is 13.7. The van der Waals surface area contributed by atoms with Gasteiger partial charge in [-0.15, -0.1) is 0 Å². The van der Waals surface area contributed by atoms with Gasteiger partial charge in [0.25, 0.3) is 0 Å². The predicted octanol–water partition coefficient (Wildman–Crippen LogP) is 2.53. The minimum atomic E-state index is 0.774. The summed E-state index contributed by atoms with van der Waals surface area (Å²) < 4.78 is 5.15. The second-order valence-corrected chi connectivity index (χ2v) is 5.33. The lowest BCUT2D eigenvalue weighted by molar-refractivity contribution is 0.324. The van der Waals surface area contributed by atoms with Crippen molar-refractivity contribution in [1.29, 1.82) is 0 Å². The van der Waals surface area contributed by atoms with Crippen LogP contribution in [0.4, 0.5) is 0 Å².